The van der Waals surface area contributed by atoms with E-state index >= 15 is 0 Å². The fourth-order valence-corrected chi connectivity index (χ4v) is 2.75. The maximum Gasteiger partial charge on any atom is 0.274 e. The number of aryl methyl sites for hydroxylation is 2. The Morgan fingerprint density at radius 1 is 1.07 bits per heavy atom. The molecule has 1 N–H and O–H groups in total. The van der Waals surface area contributed by atoms with Crippen LogP contribution in [0.2, 0.25) is 0 Å². The zero-order valence-corrected chi connectivity index (χ0v) is 15.5. The predicted molar refractivity (Wildman–Crippen MR) is 105 cm³/mol. The van der Waals surface area contributed by atoms with Gasteiger partial charge in [-0.05, 0) is 68.8 Å². The summed E-state index contributed by atoms with van der Waals surface area (Å²) in [5.74, 6) is -0.258. The van der Waals surface area contributed by atoms with E-state index in [0.29, 0.717) is 23.9 Å². The molecule has 0 bridgehead atoms. The van der Waals surface area contributed by atoms with Gasteiger partial charge in [0.15, 0.2) is 0 Å². The summed E-state index contributed by atoms with van der Waals surface area (Å²) in [5.41, 5.74) is 3.55. The van der Waals surface area contributed by atoms with Gasteiger partial charge in [0.2, 0.25) is 5.95 Å². The third-order valence-corrected chi connectivity index (χ3v) is 4.05. The van der Waals surface area contributed by atoms with Crippen LogP contribution < -0.4 is 10.2 Å². The Kier molecular flexibility index (Phi) is 5.45. The molecule has 27 heavy (non-hydrogen) atoms. The van der Waals surface area contributed by atoms with Crippen LogP contribution in [-0.2, 0) is 0 Å². The van der Waals surface area contributed by atoms with E-state index in [0.717, 1.165) is 11.3 Å². The Morgan fingerprint density at radius 3 is 2.48 bits per heavy atom. The molecule has 0 aliphatic rings. The van der Waals surface area contributed by atoms with Crippen molar-refractivity contribution in [2.75, 3.05) is 16.8 Å². The second-order valence-corrected chi connectivity index (χ2v) is 6.24. The van der Waals surface area contributed by atoms with Gasteiger partial charge in [-0.2, -0.15) is 0 Å². The van der Waals surface area contributed by atoms with Crippen molar-refractivity contribution in [2.24, 2.45) is 0 Å². The normalized spacial score (nSPS) is 10.5. The summed E-state index contributed by atoms with van der Waals surface area (Å²) < 4.78 is 13.0. The number of benzene rings is 2. The average Bonchev–Trinajstić information content (AvgIpc) is 2.64. The number of carbonyl (C=O) groups is 1. The Labute approximate surface area is 157 Å². The number of nitrogens with one attached hydrogen (secondary N) is 1. The third kappa shape index (κ3) is 4.47. The molecule has 0 atom stereocenters. The molecule has 3 aromatic rings. The van der Waals surface area contributed by atoms with Crippen molar-refractivity contribution in [1.29, 1.82) is 0 Å². The number of anilines is 3. The van der Waals surface area contributed by atoms with Crippen LogP contribution in [-0.4, -0.2) is 22.4 Å². The summed E-state index contributed by atoms with van der Waals surface area (Å²) in [6, 6.07) is 15.3. The molecule has 138 valence electrons. The van der Waals surface area contributed by atoms with Gasteiger partial charge in [0.05, 0.1) is 0 Å². The van der Waals surface area contributed by atoms with E-state index in [2.05, 4.69) is 15.3 Å². The molecule has 0 radical (unpaired) electrons. The van der Waals surface area contributed by atoms with Crippen molar-refractivity contribution in [3.63, 3.8) is 0 Å². The Bertz CT molecular complexity index is 957. The van der Waals surface area contributed by atoms with Gasteiger partial charge in [0.25, 0.3) is 5.91 Å². The lowest BCUT2D eigenvalue weighted by Gasteiger charge is -2.22. The second kappa shape index (κ2) is 7.95. The average molecular weight is 364 g/mol. The molecule has 3 rings (SSSR count). The molecule has 0 unspecified atom stereocenters. The maximum atomic E-state index is 13.0. The number of hydrogen-bond donors (Lipinski definition) is 1. The molecular weight excluding hydrogens is 343 g/mol. The fraction of sp³-hybridized carbons (Fsp3) is 0.190. The molecule has 0 saturated carbocycles. The Hall–Kier alpha value is -3.28. The highest BCUT2D eigenvalue weighted by molar-refractivity contribution is 6.03. The SMILES string of the molecule is CCN(c1cccc(C)c1)c1nc(C)cc(C(=O)Nc2ccc(F)cc2)n1. The second-order valence-electron chi connectivity index (χ2n) is 6.24. The molecule has 0 fully saturated rings. The highest BCUT2D eigenvalue weighted by atomic mass is 19.1. The van der Waals surface area contributed by atoms with Crippen LogP contribution in [0.15, 0.2) is 54.6 Å². The molecule has 6 heteroatoms. The van der Waals surface area contributed by atoms with E-state index in [1.165, 1.54) is 24.3 Å². The first-order valence-electron chi connectivity index (χ1n) is 8.73. The number of aromatic nitrogens is 2. The molecule has 0 saturated heterocycles. The molecule has 0 aliphatic heterocycles. The molecule has 5 nitrogen and oxygen atoms in total. The van der Waals surface area contributed by atoms with Gasteiger partial charge in [-0.15, -0.1) is 0 Å². The zero-order chi connectivity index (χ0) is 19.4. The lowest BCUT2D eigenvalue weighted by Crippen LogP contribution is -2.22. The van der Waals surface area contributed by atoms with E-state index < -0.39 is 0 Å². The third-order valence-electron chi connectivity index (χ3n) is 4.05. The summed E-state index contributed by atoms with van der Waals surface area (Å²) in [4.78, 5) is 23.5. The van der Waals surface area contributed by atoms with E-state index in [1.807, 2.05) is 49.9 Å². The lowest BCUT2D eigenvalue weighted by molar-refractivity contribution is 0.102. The highest BCUT2D eigenvalue weighted by Gasteiger charge is 2.16. The van der Waals surface area contributed by atoms with Crippen molar-refractivity contribution in [3.8, 4) is 0 Å². The van der Waals surface area contributed by atoms with Crippen LogP contribution in [0.1, 0.15) is 28.7 Å². The zero-order valence-electron chi connectivity index (χ0n) is 15.5. The summed E-state index contributed by atoms with van der Waals surface area (Å²) in [6.07, 6.45) is 0. The topological polar surface area (TPSA) is 58.1 Å². The molecule has 1 amide bonds. The van der Waals surface area contributed by atoms with Crippen molar-refractivity contribution < 1.29 is 9.18 Å². The van der Waals surface area contributed by atoms with Crippen LogP contribution in [0.3, 0.4) is 0 Å². The molecule has 2 aromatic carbocycles. The van der Waals surface area contributed by atoms with Crippen LogP contribution in [0, 0.1) is 19.7 Å². The van der Waals surface area contributed by atoms with Gasteiger partial charge in [0, 0.05) is 23.6 Å². The standard InChI is InChI=1S/C21H21FN4O/c1-4-26(18-7-5-6-14(2)12-18)21-23-15(3)13-19(25-21)20(27)24-17-10-8-16(22)9-11-17/h5-13H,4H2,1-3H3,(H,24,27). The van der Waals surface area contributed by atoms with Gasteiger partial charge in [-0.3, -0.25) is 4.79 Å². The number of rotatable bonds is 5. The minimum absolute atomic E-state index is 0.257. The monoisotopic (exact) mass is 364 g/mol. The number of nitrogens with zero attached hydrogens (tertiary/aromatic N) is 3. The predicted octanol–water partition coefficient (Wildman–Crippen LogP) is 4.64. The van der Waals surface area contributed by atoms with E-state index in [9.17, 15) is 9.18 Å². The van der Waals surface area contributed by atoms with Gasteiger partial charge in [-0.25, -0.2) is 14.4 Å². The van der Waals surface area contributed by atoms with Crippen molar-refractivity contribution in [3.05, 3.63) is 77.4 Å². The molecule has 0 spiro atoms. The number of carbonyl (C=O) groups excluding carboxylic acids is 1. The quantitative estimate of drug-likeness (QED) is 0.716. The number of halogens is 1. The van der Waals surface area contributed by atoms with Crippen LogP contribution >= 0.6 is 0 Å². The van der Waals surface area contributed by atoms with Crippen molar-refractivity contribution in [2.45, 2.75) is 20.8 Å². The van der Waals surface area contributed by atoms with E-state index in [-0.39, 0.29) is 17.4 Å². The first-order chi connectivity index (χ1) is 13.0. The number of hydrogen-bond acceptors (Lipinski definition) is 4. The van der Waals surface area contributed by atoms with Crippen LogP contribution in [0.25, 0.3) is 0 Å². The first-order valence-corrected chi connectivity index (χ1v) is 8.73. The smallest absolute Gasteiger partial charge is 0.274 e. The minimum Gasteiger partial charge on any atom is -0.321 e. The lowest BCUT2D eigenvalue weighted by atomic mass is 10.2. The highest BCUT2D eigenvalue weighted by Crippen LogP contribution is 2.23. The maximum absolute atomic E-state index is 13.0. The Balaban J connectivity index is 1.90. The largest absolute Gasteiger partial charge is 0.321 e. The summed E-state index contributed by atoms with van der Waals surface area (Å²) in [7, 11) is 0. The van der Waals surface area contributed by atoms with Gasteiger partial charge >= 0.3 is 0 Å². The first kappa shape index (κ1) is 18.5. The summed E-state index contributed by atoms with van der Waals surface area (Å²) in [5, 5.41) is 2.73. The van der Waals surface area contributed by atoms with E-state index in [4.69, 9.17) is 0 Å². The van der Waals surface area contributed by atoms with Gasteiger partial charge in [0.1, 0.15) is 11.5 Å². The van der Waals surface area contributed by atoms with E-state index in [1.54, 1.807) is 6.07 Å². The molecule has 1 aromatic heterocycles. The fourth-order valence-electron chi connectivity index (χ4n) is 2.75. The summed E-state index contributed by atoms with van der Waals surface area (Å²) >= 11 is 0. The molecular formula is C21H21FN4O. The van der Waals surface area contributed by atoms with Gasteiger partial charge in [-0.1, -0.05) is 12.1 Å². The van der Waals surface area contributed by atoms with Crippen molar-refractivity contribution >= 4 is 23.2 Å². The molecule has 0 aliphatic carbocycles. The minimum atomic E-state index is -0.367. The number of amides is 1. The van der Waals surface area contributed by atoms with Crippen molar-refractivity contribution in [1.82, 2.24) is 9.97 Å². The van der Waals surface area contributed by atoms with Gasteiger partial charge < -0.3 is 10.2 Å². The Morgan fingerprint density at radius 2 is 1.81 bits per heavy atom. The van der Waals surface area contributed by atoms with Crippen LogP contribution in [0.4, 0.5) is 21.7 Å². The van der Waals surface area contributed by atoms with Crippen LogP contribution in [0.5, 0.6) is 0 Å². The molecule has 1 heterocycles. The summed E-state index contributed by atoms with van der Waals surface area (Å²) in [6.45, 7) is 6.51.